The van der Waals surface area contributed by atoms with Crippen LogP contribution in [0.3, 0.4) is 0 Å². The number of rotatable bonds is 8. The van der Waals surface area contributed by atoms with Crippen molar-refractivity contribution in [3.05, 3.63) is 119 Å². The first-order chi connectivity index (χ1) is 20.0. The molecule has 4 aromatic rings. The summed E-state index contributed by atoms with van der Waals surface area (Å²) in [6.07, 6.45) is 3.18. The smallest absolute Gasteiger partial charge is 0.853 e. The van der Waals surface area contributed by atoms with Crippen LogP contribution in [-0.4, -0.2) is 0 Å². The molecule has 0 unspecified atom stereocenters. The van der Waals surface area contributed by atoms with Gasteiger partial charge in [0.2, 0.25) is 0 Å². The molecule has 4 rings (SSSR count). The van der Waals surface area contributed by atoms with Gasteiger partial charge in [-0.3, -0.25) is 0 Å². The van der Waals surface area contributed by atoms with Gasteiger partial charge in [0.05, 0.1) is 0 Å². The number of benzene rings is 4. The molecular formula is C32H36O4P2S4Zn3. The van der Waals surface area contributed by atoms with Crippen LogP contribution in [0.5, 0.6) is 0 Å². The van der Waals surface area contributed by atoms with Crippen LogP contribution in [0.1, 0.15) is 49.9 Å². The third-order valence-corrected chi connectivity index (χ3v) is 18.6. The Morgan fingerprint density at radius 2 is 0.600 bits per heavy atom. The van der Waals surface area contributed by atoms with Crippen LogP contribution < -0.4 is 19.6 Å². The Morgan fingerprint density at radius 3 is 0.756 bits per heavy atom. The molecule has 4 nitrogen and oxygen atoms in total. The van der Waals surface area contributed by atoms with Gasteiger partial charge in [0.25, 0.3) is 0 Å². The maximum atomic E-state index is 12.3. The molecule has 0 radical (unpaired) electrons. The Kier molecular flexibility index (Phi) is 22.2. The van der Waals surface area contributed by atoms with E-state index in [2.05, 4.69) is 0 Å². The second kappa shape index (κ2) is 21.8. The van der Waals surface area contributed by atoms with Gasteiger partial charge >= 0.3 is 58.4 Å². The predicted molar refractivity (Wildman–Crippen MR) is 180 cm³/mol. The van der Waals surface area contributed by atoms with Crippen LogP contribution in [-0.2, 0) is 129 Å². The van der Waals surface area contributed by atoms with E-state index in [1.54, 1.807) is 0 Å². The number of aryl methyl sites for hydroxylation is 4. The molecule has 0 aliphatic rings. The van der Waals surface area contributed by atoms with Crippen molar-refractivity contribution in [3.8, 4) is 0 Å². The van der Waals surface area contributed by atoms with Crippen LogP contribution in [0.2, 0.25) is 0 Å². The van der Waals surface area contributed by atoms with Gasteiger partial charge in [0, 0.05) is 19.6 Å². The standard InChI is InChI=1S/2C16H18O2PS2.3Zn/c2*1-3-13-9-5-7-11-15(13)21(19(17,18)20)16-12-8-6-10-14(16)4-2;;;/h2*5-12H,3-4H2,1-2H3;;;/q2*-3;3*+2. The average molecular weight is 871 g/mol. The first-order valence-electron chi connectivity index (χ1n) is 13.8. The monoisotopic (exact) mass is 866 g/mol. The molecule has 0 fully saturated rings. The van der Waals surface area contributed by atoms with Gasteiger partial charge in [0.1, 0.15) is 0 Å². The minimum absolute atomic E-state index is 0. The molecule has 0 aromatic heterocycles. The maximum absolute atomic E-state index is 12.3. The molecule has 0 aliphatic carbocycles. The molecule has 0 amide bonds. The van der Waals surface area contributed by atoms with Crippen molar-refractivity contribution in [2.45, 2.75) is 73.0 Å². The minimum Gasteiger partial charge on any atom is -0.853 e. The number of hydrogen-bond acceptors (Lipinski definition) is 6. The summed E-state index contributed by atoms with van der Waals surface area (Å²) in [6, 6.07) is 30.8. The first-order valence-corrected chi connectivity index (χ1v) is 22.8. The molecule has 0 saturated heterocycles. The van der Waals surface area contributed by atoms with Crippen LogP contribution in [0.4, 0.5) is 0 Å². The molecule has 13 heteroatoms. The van der Waals surface area contributed by atoms with E-state index in [9.17, 15) is 19.6 Å². The van der Waals surface area contributed by atoms with E-state index in [4.69, 9.17) is 24.5 Å². The summed E-state index contributed by atoms with van der Waals surface area (Å²) < 4.78 is 0. The van der Waals surface area contributed by atoms with Crippen molar-refractivity contribution in [1.29, 1.82) is 0 Å². The number of hydrogen-bond donors (Lipinski definition) is 0. The van der Waals surface area contributed by atoms with Crippen LogP contribution >= 0.6 is 11.4 Å². The maximum Gasteiger partial charge on any atom is 2.00 e. The van der Waals surface area contributed by atoms with Crippen molar-refractivity contribution in [2.75, 3.05) is 0 Å². The Bertz CT molecular complexity index is 1410. The third kappa shape index (κ3) is 12.6. The Hall–Kier alpha value is 0.850. The molecule has 0 aliphatic heterocycles. The zero-order chi connectivity index (χ0) is 30.9. The van der Waals surface area contributed by atoms with E-state index < -0.39 is 31.5 Å². The molecule has 0 N–H and O–H groups in total. The molecular weight excluding hydrogens is 835 g/mol. The van der Waals surface area contributed by atoms with E-state index in [1.165, 1.54) is 0 Å². The fourth-order valence-corrected chi connectivity index (χ4v) is 16.7. The Morgan fingerprint density at radius 1 is 0.422 bits per heavy atom. The van der Waals surface area contributed by atoms with Crippen molar-refractivity contribution in [2.24, 2.45) is 0 Å². The summed E-state index contributed by atoms with van der Waals surface area (Å²) in [7, 11) is -2.15. The SMILES string of the molecule is CCc1ccccc1S(c1ccccc1CC)=P([O-])([O-])[S-].CCc1ccccc1S(c1ccccc1CC)=P([O-])([O-])[S-].[Zn+2].[Zn+2].[Zn+2]. The second-order valence-corrected chi connectivity index (χ2v) is 23.3. The van der Waals surface area contributed by atoms with Gasteiger partial charge in [-0.05, 0) is 72.2 Å². The van der Waals surface area contributed by atoms with E-state index in [0.29, 0.717) is 0 Å². The molecule has 0 spiro atoms. The normalized spacial score (nSPS) is 11.1. The topological polar surface area (TPSA) is 92.2 Å². The predicted octanol–water partition coefficient (Wildman–Crippen LogP) is 5.58. The second-order valence-electron chi connectivity index (χ2n) is 9.31. The van der Waals surface area contributed by atoms with Crippen LogP contribution in [0, 0.1) is 0 Å². The Labute approximate surface area is 323 Å². The van der Waals surface area contributed by atoms with Crippen molar-refractivity contribution >= 4 is 56.0 Å². The molecule has 0 bridgehead atoms. The van der Waals surface area contributed by atoms with Crippen molar-refractivity contribution in [3.63, 3.8) is 0 Å². The average Bonchev–Trinajstić information content (AvgIpc) is 2.97. The summed E-state index contributed by atoms with van der Waals surface area (Å²) in [4.78, 5) is 52.7. The zero-order valence-corrected chi connectivity index (χ0v) is 40.3. The van der Waals surface area contributed by atoms with Gasteiger partial charge in [-0.2, -0.15) is 20.1 Å². The summed E-state index contributed by atoms with van der Waals surface area (Å²) >= 11 is 9.80. The third-order valence-electron chi connectivity index (χ3n) is 6.69. The first kappa shape index (κ1) is 45.9. The van der Waals surface area contributed by atoms with Gasteiger partial charge < -0.3 is 55.5 Å². The van der Waals surface area contributed by atoms with Gasteiger partial charge in [-0.1, -0.05) is 100 Å². The quantitative estimate of drug-likeness (QED) is 0.131. The summed E-state index contributed by atoms with van der Waals surface area (Å²) in [5.74, 6) is 0. The van der Waals surface area contributed by atoms with Gasteiger partial charge in [0.15, 0.2) is 0 Å². The van der Waals surface area contributed by atoms with Crippen molar-refractivity contribution in [1.82, 2.24) is 0 Å². The van der Waals surface area contributed by atoms with E-state index >= 15 is 0 Å². The molecule has 45 heavy (non-hydrogen) atoms. The van der Waals surface area contributed by atoms with E-state index in [-0.39, 0.29) is 58.4 Å². The van der Waals surface area contributed by atoms with Crippen LogP contribution in [0.15, 0.2) is 117 Å². The van der Waals surface area contributed by atoms with Gasteiger partial charge in [-0.15, -0.1) is 0 Å². The Balaban J connectivity index is 0.000000807. The largest absolute Gasteiger partial charge is 2.00 e. The summed E-state index contributed by atoms with van der Waals surface area (Å²) in [5.41, 5.74) is -3.68. The molecule has 0 atom stereocenters. The molecule has 0 saturated carbocycles. The summed E-state index contributed by atoms with van der Waals surface area (Å²) in [5, 5.41) is 0. The van der Waals surface area contributed by atoms with Crippen molar-refractivity contribution < 1.29 is 78.0 Å². The molecule has 228 valence electrons. The molecule has 0 heterocycles. The van der Waals surface area contributed by atoms with E-state index in [0.717, 1.165) is 67.5 Å². The minimum atomic E-state index is -3.94. The van der Waals surface area contributed by atoms with E-state index in [1.807, 2.05) is 125 Å². The molecule has 4 aromatic carbocycles. The van der Waals surface area contributed by atoms with Crippen LogP contribution in [0.25, 0.3) is 0 Å². The fourth-order valence-electron chi connectivity index (χ4n) is 4.66. The zero-order valence-electron chi connectivity index (χ0n) is 26.3. The van der Waals surface area contributed by atoms with Gasteiger partial charge in [-0.25, -0.2) is 0 Å². The summed E-state index contributed by atoms with van der Waals surface area (Å²) in [6.45, 7) is 8.13. The fraction of sp³-hybridized carbons (Fsp3) is 0.250.